The highest BCUT2D eigenvalue weighted by Crippen LogP contribution is 2.42. The van der Waals surface area contributed by atoms with Gasteiger partial charge in [-0.2, -0.15) is 0 Å². The summed E-state index contributed by atoms with van der Waals surface area (Å²) in [7, 11) is 0. The van der Waals surface area contributed by atoms with Gasteiger partial charge < -0.3 is 10.3 Å². The largest absolute Gasteiger partial charge is 0.310 e. The highest BCUT2D eigenvalue weighted by Gasteiger charge is 2.36. The Morgan fingerprint density at radius 2 is 2.05 bits per heavy atom. The van der Waals surface area contributed by atoms with Crippen molar-refractivity contribution in [3.05, 3.63) is 15.9 Å². The lowest BCUT2D eigenvalue weighted by atomic mass is 9.81. The second-order valence-corrected chi connectivity index (χ2v) is 6.97. The molecule has 1 fully saturated rings. The zero-order valence-corrected chi connectivity index (χ0v) is 13.1. The molecule has 1 atom stereocenters. The topological polar surface area (TPSA) is 74.8 Å². The third-order valence-electron chi connectivity index (χ3n) is 4.38. The Morgan fingerprint density at radius 3 is 2.76 bits per heavy atom. The van der Waals surface area contributed by atoms with Crippen molar-refractivity contribution in [2.24, 2.45) is 5.92 Å². The predicted octanol–water partition coefficient (Wildman–Crippen LogP) is 2.89. The standard InChI is InChI=1S/C15H21N3O2S/c1-2-7-21-15-17-13-12(14(20)18-15)10(8-11(19)16-13)9-5-3-4-6-9/h9-10H,2-8H2,1H3,(H2,16,17,18,19,20). The molecule has 0 aromatic carbocycles. The summed E-state index contributed by atoms with van der Waals surface area (Å²) in [5.41, 5.74) is 0.623. The Hall–Kier alpha value is -1.30. The van der Waals surface area contributed by atoms with E-state index in [9.17, 15) is 9.59 Å². The van der Waals surface area contributed by atoms with Crippen LogP contribution in [0.2, 0.25) is 0 Å². The van der Waals surface area contributed by atoms with Crippen LogP contribution in [0.15, 0.2) is 9.95 Å². The Morgan fingerprint density at radius 1 is 1.29 bits per heavy atom. The molecular weight excluding hydrogens is 286 g/mol. The van der Waals surface area contributed by atoms with E-state index in [0.29, 0.717) is 28.9 Å². The minimum atomic E-state index is -0.0736. The fourth-order valence-corrected chi connectivity index (χ4v) is 4.13. The molecule has 1 aromatic rings. The molecule has 0 radical (unpaired) electrons. The van der Waals surface area contributed by atoms with Crippen LogP contribution in [-0.4, -0.2) is 21.6 Å². The zero-order chi connectivity index (χ0) is 14.8. The highest BCUT2D eigenvalue weighted by molar-refractivity contribution is 7.99. The summed E-state index contributed by atoms with van der Waals surface area (Å²) in [6, 6.07) is 0. The van der Waals surface area contributed by atoms with Gasteiger partial charge in [0.2, 0.25) is 5.91 Å². The molecule has 0 spiro atoms. The van der Waals surface area contributed by atoms with E-state index < -0.39 is 0 Å². The first-order valence-electron chi connectivity index (χ1n) is 7.76. The molecule has 1 aliphatic carbocycles. The summed E-state index contributed by atoms with van der Waals surface area (Å²) >= 11 is 1.52. The van der Waals surface area contributed by atoms with Crippen molar-refractivity contribution >= 4 is 23.5 Å². The summed E-state index contributed by atoms with van der Waals surface area (Å²) in [6.07, 6.45) is 6.07. The Balaban J connectivity index is 1.96. The normalized spacial score (nSPS) is 22.1. The number of hydrogen-bond donors (Lipinski definition) is 2. The average molecular weight is 307 g/mol. The van der Waals surface area contributed by atoms with Crippen LogP contribution in [0, 0.1) is 5.92 Å². The summed E-state index contributed by atoms with van der Waals surface area (Å²) in [5, 5.41) is 3.39. The second kappa shape index (κ2) is 6.22. The lowest BCUT2D eigenvalue weighted by Crippen LogP contribution is -2.33. The van der Waals surface area contributed by atoms with Crippen LogP contribution in [0.1, 0.15) is 56.9 Å². The fraction of sp³-hybridized carbons (Fsp3) is 0.667. The number of carbonyl (C=O) groups excluding carboxylic acids is 1. The molecule has 5 nitrogen and oxygen atoms in total. The van der Waals surface area contributed by atoms with E-state index in [1.165, 1.54) is 24.6 Å². The maximum Gasteiger partial charge on any atom is 0.257 e. The van der Waals surface area contributed by atoms with Gasteiger partial charge in [-0.3, -0.25) is 9.59 Å². The van der Waals surface area contributed by atoms with E-state index in [0.717, 1.165) is 25.0 Å². The number of hydrogen-bond acceptors (Lipinski definition) is 4. The zero-order valence-electron chi connectivity index (χ0n) is 12.3. The van der Waals surface area contributed by atoms with Crippen LogP contribution in [0.4, 0.5) is 5.82 Å². The lowest BCUT2D eigenvalue weighted by Gasteiger charge is -2.28. The van der Waals surface area contributed by atoms with E-state index in [-0.39, 0.29) is 17.4 Å². The fourth-order valence-electron chi connectivity index (χ4n) is 3.42. The van der Waals surface area contributed by atoms with Crippen molar-refractivity contribution in [2.75, 3.05) is 11.1 Å². The van der Waals surface area contributed by atoms with Gasteiger partial charge in [0.15, 0.2) is 5.16 Å². The molecule has 0 bridgehead atoms. The minimum Gasteiger partial charge on any atom is -0.310 e. The Bertz CT molecular complexity index is 593. The van der Waals surface area contributed by atoms with E-state index in [1.807, 2.05) is 0 Å². The van der Waals surface area contributed by atoms with Gasteiger partial charge in [0.25, 0.3) is 5.56 Å². The first-order chi connectivity index (χ1) is 10.2. The molecule has 1 aliphatic heterocycles. The molecule has 3 rings (SSSR count). The van der Waals surface area contributed by atoms with Gasteiger partial charge >= 0.3 is 0 Å². The van der Waals surface area contributed by atoms with E-state index in [4.69, 9.17) is 0 Å². The number of fused-ring (bicyclic) bond motifs is 1. The second-order valence-electron chi connectivity index (χ2n) is 5.89. The molecule has 21 heavy (non-hydrogen) atoms. The number of rotatable bonds is 4. The van der Waals surface area contributed by atoms with Crippen LogP contribution in [0.25, 0.3) is 0 Å². The van der Waals surface area contributed by atoms with Crippen molar-refractivity contribution < 1.29 is 4.79 Å². The molecule has 1 saturated carbocycles. The number of thioether (sulfide) groups is 1. The molecular formula is C15H21N3O2S. The first-order valence-corrected chi connectivity index (χ1v) is 8.74. The van der Waals surface area contributed by atoms with Gasteiger partial charge in [-0.05, 0) is 25.2 Å². The third kappa shape index (κ3) is 3.00. The number of nitrogens with zero attached hydrogens (tertiary/aromatic N) is 1. The van der Waals surface area contributed by atoms with Crippen molar-refractivity contribution in [2.45, 2.75) is 56.5 Å². The number of amides is 1. The van der Waals surface area contributed by atoms with Gasteiger partial charge in [0, 0.05) is 18.1 Å². The number of H-pyrrole nitrogens is 1. The molecule has 2 heterocycles. The van der Waals surface area contributed by atoms with Crippen LogP contribution in [0.5, 0.6) is 0 Å². The Labute approximate surface area is 128 Å². The lowest BCUT2D eigenvalue weighted by molar-refractivity contribution is -0.117. The van der Waals surface area contributed by atoms with Crippen molar-refractivity contribution in [3.8, 4) is 0 Å². The predicted molar refractivity (Wildman–Crippen MR) is 83.8 cm³/mol. The maximum absolute atomic E-state index is 12.5. The number of nitrogens with one attached hydrogen (secondary N) is 2. The van der Waals surface area contributed by atoms with Crippen LogP contribution in [0.3, 0.4) is 0 Å². The highest BCUT2D eigenvalue weighted by atomic mass is 32.2. The van der Waals surface area contributed by atoms with E-state index in [2.05, 4.69) is 22.2 Å². The minimum absolute atomic E-state index is 0.0102. The van der Waals surface area contributed by atoms with Gasteiger partial charge in [-0.25, -0.2) is 4.98 Å². The Kier molecular flexibility index (Phi) is 4.33. The van der Waals surface area contributed by atoms with Gasteiger partial charge in [0.05, 0.1) is 5.56 Å². The van der Waals surface area contributed by atoms with Crippen LogP contribution < -0.4 is 10.9 Å². The SMILES string of the molecule is CCCSc1nc2c(c(=O)[nH]1)C(C1CCCC1)CC(=O)N2. The number of carbonyl (C=O) groups is 1. The molecule has 1 unspecified atom stereocenters. The molecule has 6 heteroatoms. The number of anilines is 1. The van der Waals surface area contributed by atoms with Gasteiger partial charge in [-0.15, -0.1) is 0 Å². The van der Waals surface area contributed by atoms with E-state index in [1.54, 1.807) is 0 Å². The summed E-state index contributed by atoms with van der Waals surface area (Å²) in [6.45, 7) is 2.08. The number of aromatic nitrogens is 2. The molecule has 0 saturated heterocycles. The smallest absolute Gasteiger partial charge is 0.257 e. The first kappa shape index (κ1) is 14.6. The van der Waals surface area contributed by atoms with Crippen LogP contribution in [-0.2, 0) is 4.79 Å². The monoisotopic (exact) mass is 307 g/mol. The molecule has 114 valence electrons. The molecule has 2 N–H and O–H groups in total. The van der Waals surface area contributed by atoms with Crippen LogP contribution >= 0.6 is 11.8 Å². The summed E-state index contributed by atoms with van der Waals surface area (Å²) in [5.74, 6) is 1.88. The average Bonchev–Trinajstić information content (AvgIpc) is 2.97. The van der Waals surface area contributed by atoms with E-state index >= 15 is 0 Å². The molecule has 1 amide bonds. The van der Waals surface area contributed by atoms with Crippen molar-refractivity contribution in [1.82, 2.24) is 9.97 Å². The third-order valence-corrected chi connectivity index (χ3v) is 5.46. The summed E-state index contributed by atoms with van der Waals surface area (Å²) < 4.78 is 0. The molecule has 2 aliphatic rings. The van der Waals surface area contributed by atoms with Gasteiger partial charge in [-0.1, -0.05) is 31.5 Å². The van der Waals surface area contributed by atoms with Crippen molar-refractivity contribution in [3.63, 3.8) is 0 Å². The molecule has 1 aromatic heterocycles. The maximum atomic E-state index is 12.5. The quantitative estimate of drug-likeness (QED) is 0.662. The number of aromatic amines is 1. The summed E-state index contributed by atoms with van der Waals surface area (Å²) in [4.78, 5) is 31.8. The van der Waals surface area contributed by atoms with Crippen molar-refractivity contribution in [1.29, 1.82) is 0 Å². The van der Waals surface area contributed by atoms with Gasteiger partial charge in [0.1, 0.15) is 5.82 Å².